The second-order valence-corrected chi connectivity index (χ2v) is 4.29. The summed E-state index contributed by atoms with van der Waals surface area (Å²) in [6, 6.07) is 16.6. The zero-order valence-corrected chi connectivity index (χ0v) is 12.0. The number of benzene rings is 2. The van der Waals surface area contributed by atoms with Crippen molar-refractivity contribution in [3.8, 4) is 5.75 Å². The van der Waals surface area contributed by atoms with E-state index in [4.69, 9.17) is 4.74 Å². The summed E-state index contributed by atoms with van der Waals surface area (Å²) in [6.07, 6.45) is 2.02. The van der Waals surface area contributed by atoms with Crippen molar-refractivity contribution < 1.29 is 19.1 Å². The zero-order chi connectivity index (χ0) is 15.8. The maximum absolute atomic E-state index is 11.5. The topological polar surface area (TPSA) is 64.6 Å². The Morgan fingerprint density at radius 1 is 0.864 bits per heavy atom. The smallest absolute Gasteiger partial charge is 0.336 e. The van der Waals surface area contributed by atoms with Crippen LogP contribution in [-0.2, 0) is 14.3 Å². The molecule has 2 rings (SSSR count). The Labute approximate surface area is 128 Å². The van der Waals surface area contributed by atoms with E-state index in [2.05, 4.69) is 10.1 Å². The quantitative estimate of drug-likeness (QED) is 0.522. The van der Waals surface area contributed by atoms with E-state index in [1.165, 1.54) is 7.11 Å². The van der Waals surface area contributed by atoms with Gasteiger partial charge in [-0.3, -0.25) is 0 Å². The zero-order valence-electron chi connectivity index (χ0n) is 12.0. The number of methoxy groups -OCH3 is 1. The van der Waals surface area contributed by atoms with Crippen LogP contribution in [-0.4, -0.2) is 19.0 Å². The largest absolute Gasteiger partial charge is 0.466 e. The van der Waals surface area contributed by atoms with Gasteiger partial charge in [0.1, 0.15) is 5.75 Å². The Kier molecular flexibility index (Phi) is 5.31. The summed E-state index contributed by atoms with van der Waals surface area (Å²) in [5, 5.41) is 3.22. The molecule has 0 unspecified atom stereocenters. The molecular weight excluding hydrogens is 282 g/mol. The maximum atomic E-state index is 11.5. The Balaban J connectivity index is 1.93. The van der Waals surface area contributed by atoms with Crippen molar-refractivity contribution in [2.45, 2.75) is 0 Å². The van der Waals surface area contributed by atoms with Crippen LogP contribution in [0.4, 0.5) is 11.4 Å². The lowest BCUT2D eigenvalue weighted by Gasteiger charge is -2.07. The second kappa shape index (κ2) is 7.64. The number of carbonyl (C=O) groups excluding carboxylic acids is 2. The molecule has 0 heterocycles. The third-order valence-electron chi connectivity index (χ3n) is 2.69. The number of ether oxygens (including phenoxy) is 2. The SMILES string of the molecule is COC(=O)/C=C\C(=O)Oc1ccc(Nc2ccccc2)cc1. The molecule has 112 valence electrons. The Morgan fingerprint density at radius 3 is 2.09 bits per heavy atom. The van der Waals surface area contributed by atoms with Crippen LogP contribution >= 0.6 is 0 Å². The van der Waals surface area contributed by atoms with E-state index in [9.17, 15) is 9.59 Å². The Hall–Kier alpha value is -3.08. The van der Waals surface area contributed by atoms with Gasteiger partial charge >= 0.3 is 11.9 Å². The molecule has 0 saturated carbocycles. The van der Waals surface area contributed by atoms with Crippen LogP contribution in [0.3, 0.4) is 0 Å². The van der Waals surface area contributed by atoms with Gasteiger partial charge in [-0.15, -0.1) is 0 Å². The van der Waals surface area contributed by atoms with Crippen molar-refractivity contribution in [3.05, 3.63) is 66.7 Å². The molecule has 0 saturated heterocycles. The normalized spacial score (nSPS) is 10.2. The lowest BCUT2D eigenvalue weighted by molar-refractivity contribution is -0.135. The van der Waals surface area contributed by atoms with Crippen molar-refractivity contribution in [1.29, 1.82) is 0 Å². The second-order valence-electron chi connectivity index (χ2n) is 4.29. The van der Waals surface area contributed by atoms with E-state index < -0.39 is 11.9 Å². The molecule has 0 aliphatic heterocycles. The van der Waals surface area contributed by atoms with E-state index in [1.54, 1.807) is 24.3 Å². The molecule has 0 radical (unpaired) electrons. The van der Waals surface area contributed by atoms with Gasteiger partial charge in [-0.1, -0.05) is 18.2 Å². The van der Waals surface area contributed by atoms with Gasteiger partial charge in [0, 0.05) is 23.5 Å². The number of para-hydroxylation sites is 1. The molecule has 5 heteroatoms. The molecule has 2 aromatic carbocycles. The standard InChI is InChI=1S/C17H15NO4/c1-21-16(19)11-12-17(20)22-15-9-7-14(8-10-15)18-13-5-3-2-4-6-13/h2-12,18H,1H3/b12-11-. The third-order valence-corrected chi connectivity index (χ3v) is 2.69. The Morgan fingerprint density at radius 2 is 1.45 bits per heavy atom. The molecule has 2 aromatic rings. The van der Waals surface area contributed by atoms with Gasteiger partial charge in [-0.2, -0.15) is 0 Å². The fraction of sp³-hybridized carbons (Fsp3) is 0.0588. The lowest BCUT2D eigenvalue weighted by atomic mass is 10.2. The molecule has 1 N–H and O–H groups in total. The molecule has 0 atom stereocenters. The number of hydrogen-bond acceptors (Lipinski definition) is 5. The highest BCUT2D eigenvalue weighted by Crippen LogP contribution is 2.19. The fourth-order valence-electron chi connectivity index (χ4n) is 1.65. The van der Waals surface area contributed by atoms with E-state index >= 15 is 0 Å². The summed E-state index contributed by atoms with van der Waals surface area (Å²) < 4.78 is 9.43. The first kappa shape index (κ1) is 15.3. The summed E-state index contributed by atoms with van der Waals surface area (Å²) in [6.45, 7) is 0. The molecular formula is C17H15NO4. The van der Waals surface area contributed by atoms with Gasteiger partial charge < -0.3 is 14.8 Å². The highest BCUT2D eigenvalue weighted by atomic mass is 16.5. The summed E-state index contributed by atoms with van der Waals surface area (Å²) in [7, 11) is 1.23. The van der Waals surface area contributed by atoms with E-state index in [1.807, 2.05) is 30.3 Å². The van der Waals surface area contributed by atoms with Gasteiger partial charge in [0.05, 0.1) is 7.11 Å². The van der Waals surface area contributed by atoms with Gasteiger partial charge in [0.25, 0.3) is 0 Å². The highest BCUT2D eigenvalue weighted by Gasteiger charge is 2.02. The predicted molar refractivity (Wildman–Crippen MR) is 83.0 cm³/mol. The average Bonchev–Trinajstić information content (AvgIpc) is 2.55. The van der Waals surface area contributed by atoms with Crippen molar-refractivity contribution in [2.75, 3.05) is 12.4 Å². The highest BCUT2D eigenvalue weighted by molar-refractivity contribution is 5.92. The van der Waals surface area contributed by atoms with Crippen LogP contribution in [0.25, 0.3) is 0 Å². The summed E-state index contributed by atoms with van der Waals surface area (Å²) >= 11 is 0. The van der Waals surface area contributed by atoms with Crippen LogP contribution < -0.4 is 10.1 Å². The number of hydrogen-bond donors (Lipinski definition) is 1. The molecule has 0 aromatic heterocycles. The first-order valence-corrected chi connectivity index (χ1v) is 6.57. The number of nitrogens with one attached hydrogen (secondary N) is 1. The number of rotatable bonds is 5. The van der Waals surface area contributed by atoms with Gasteiger partial charge in [0.2, 0.25) is 0 Å². The molecule has 0 amide bonds. The van der Waals surface area contributed by atoms with E-state index in [0.29, 0.717) is 5.75 Å². The maximum Gasteiger partial charge on any atom is 0.336 e. The minimum atomic E-state index is -0.644. The van der Waals surface area contributed by atoms with Crippen molar-refractivity contribution in [3.63, 3.8) is 0 Å². The molecule has 0 aliphatic carbocycles. The monoisotopic (exact) mass is 297 g/mol. The molecule has 5 nitrogen and oxygen atoms in total. The fourth-order valence-corrected chi connectivity index (χ4v) is 1.65. The summed E-state index contributed by atoms with van der Waals surface area (Å²) in [4.78, 5) is 22.3. The lowest BCUT2D eigenvalue weighted by Crippen LogP contribution is -2.05. The summed E-state index contributed by atoms with van der Waals surface area (Å²) in [5.74, 6) is -0.869. The van der Waals surface area contributed by atoms with Gasteiger partial charge in [-0.25, -0.2) is 9.59 Å². The Bertz CT molecular complexity index is 663. The first-order chi connectivity index (χ1) is 10.7. The van der Waals surface area contributed by atoms with Crippen LogP contribution in [0.5, 0.6) is 5.75 Å². The predicted octanol–water partition coefficient (Wildman–Crippen LogP) is 3.06. The van der Waals surface area contributed by atoms with Gasteiger partial charge in [0.15, 0.2) is 0 Å². The van der Waals surface area contributed by atoms with Gasteiger partial charge in [-0.05, 0) is 36.4 Å². The number of esters is 2. The van der Waals surface area contributed by atoms with E-state index in [-0.39, 0.29) is 0 Å². The van der Waals surface area contributed by atoms with Crippen molar-refractivity contribution >= 4 is 23.3 Å². The molecule has 0 spiro atoms. The van der Waals surface area contributed by atoms with Crippen LogP contribution in [0.2, 0.25) is 0 Å². The summed E-state index contributed by atoms with van der Waals surface area (Å²) in [5.41, 5.74) is 1.84. The minimum Gasteiger partial charge on any atom is -0.466 e. The third kappa shape index (κ3) is 4.79. The molecule has 0 bridgehead atoms. The average molecular weight is 297 g/mol. The van der Waals surface area contributed by atoms with E-state index in [0.717, 1.165) is 23.5 Å². The minimum absolute atomic E-state index is 0.387. The molecule has 0 aliphatic rings. The number of carbonyl (C=O) groups is 2. The van der Waals surface area contributed by atoms with Crippen LogP contribution in [0.15, 0.2) is 66.7 Å². The molecule has 22 heavy (non-hydrogen) atoms. The molecule has 0 fully saturated rings. The van der Waals surface area contributed by atoms with Crippen LogP contribution in [0.1, 0.15) is 0 Å². The van der Waals surface area contributed by atoms with Crippen molar-refractivity contribution in [1.82, 2.24) is 0 Å². The van der Waals surface area contributed by atoms with Crippen molar-refractivity contribution in [2.24, 2.45) is 0 Å². The van der Waals surface area contributed by atoms with Crippen LogP contribution in [0, 0.1) is 0 Å². The number of anilines is 2. The first-order valence-electron chi connectivity index (χ1n) is 6.57.